The van der Waals surface area contributed by atoms with Gasteiger partial charge in [-0.3, -0.25) is 9.78 Å². The summed E-state index contributed by atoms with van der Waals surface area (Å²) in [6.07, 6.45) is 6.93. The van der Waals surface area contributed by atoms with E-state index in [-0.39, 0.29) is 11.9 Å². The quantitative estimate of drug-likeness (QED) is 0.686. The van der Waals surface area contributed by atoms with Gasteiger partial charge in [0.1, 0.15) is 12.4 Å². The predicted molar refractivity (Wildman–Crippen MR) is 109 cm³/mol. The maximum absolute atomic E-state index is 12.6. The lowest BCUT2D eigenvalue weighted by Gasteiger charge is -2.15. The van der Waals surface area contributed by atoms with Crippen molar-refractivity contribution in [1.29, 1.82) is 0 Å². The van der Waals surface area contributed by atoms with Gasteiger partial charge in [0.2, 0.25) is 0 Å². The van der Waals surface area contributed by atoms with E-state index in [2.05, 4.69) is 16.4 Å². The fourth-order valence-corrected chi connectivity index (χ4v) is 3.58. The minimum Gasteiger partial charge on any atom is -0.489 e. The standard InChI is InChI=1S/C24H24N2O2/c1-17(26-24(27)22-8-7-20-5-2-6-21(20)14-22)19-9-11-23(12-10-19)28-16-18-4-3-13-25-15-18/h3-4,7-15,17H,2,5-6,16H2,1H3,(H,26,27). The van der Waals surface area contributed by atoms with Gasteiger partial charge >= 0.3 is 0 Å². The largest absolute Gasteiger partial charge is 0.489 e. The number of pyridine rings is 1. The lowest BCUT2D eigenvalue weighted by Crippen LogP contribution is -2.26. The van der Waals surface area contributed by atoms with E-state index in [0.717, 1.165) is 35.3 Å². The molecule has 0 saturated carbocycles. The van der Waals surface area contributed by atoms with E-state index in [1.165, 1.54) is 17.5 Å². The second-order valence-corrected chi connectivity index (χ2v) is 7.25. The van der Waals surface area contributed by atoms with Crippen molar-refractivity contribution in [2.45, 2.75) is 38.8 Å². The monoisotopic (exact) mass is 372 g/mol. The van der Waals surface area contributed by atoms with Gasteiger partial charge in [0.05, 0.1) is 6.04 Å². The molecule has 2 aromatic carbocycles. The minimum absolute atomic E-state index is 0.0286. The summed E-state index contributed by atoms with van der Waals surface area (Å²) < 4.78 is 5.79. The van der Waals surface area contributed by atoms with Crippen molar-refractivity contribution in [1.82, 2.24) is 10.3 Å². The highest BCUT2D eigenvalue weighted by atomic mass is 16.5. The molecule has 4 rings (SSSR count). The molecule has 0 spiro atoms. The molecule has 1 amide bonds. The summed E-state index contributed by atoms with van der Waals surface area (Å²) in [4.78, 5) is 16.7. The van der Waals surface area contributed by atoms with Gasteiger partial charge in [-0.05, 0) is 73.2 Å². The first-order valence-corrected chi connectivity index (χ1v) is 9.73. The Balaban J connectivity index is 1.35. The Kier molecular flexibility index (Phi) is 5.38. The molecule has 0 saturated heterocycles. The van der Waals surface area contributed by atoms with Crippen molar-refractivity contribution < 1.29 is 9.53 Å². The molecule has 1 heterocycles. The number of carbonyl (C=O) groups excluding carboxylic acids is 1. The van der Waals surface area contributed by atoms with Crippen molar-refractivity contribution in [2.75, 3.05) is 0 Å². The second-order valence-electron chi connectivity index (χ2n) is 7.25. The lowest BCUT2D eigenvalue weighted by molar-refractivity contribution is 0.0940. The normalized spacial score (nSPS) is 13.6. The minimum atomic E-state index is -0.0758. The molecular formula is C24H24N2O2. The summed E-state index contributed by atoms with van der Waals surface area (Å²) >= 11 is 0. The molecule has 1 aliphatic rings. The number of hydrogen-bond donors (Lipinski definition) is 1. The van der Waals surface area contributed by atoms with Crippen molar-refractivity contribution in [3.63, 3.8) is 0 Å². The van der Waals surface area contributed by atoms with Gasteiger partial charge in [-0.2, -0.15) is 0 Å². The van der Waals surface area contributed by atoms with Crippen LogP contribution in [0, 0.1) is 0 Å². The number of carbonyl (C=O) groups is 1. The number of nitrogens with one attached hydrogen (secondary N) is 1. The van der Waals surface area contributed by atoms with Gasteiger partial charge in [0, 0.05) is 23.5 Å². The smallest absolute Gasteiger partial charge is 0.251 e. The molecule has 4 heteroatoms. The van der Waals surface area contributed by atoms with Crippen LogP contribution in [0.2, 0.25) is 0 Å². The topological polar surface area (TPSA) is 51.2 Å². The highest BCUT2D eigenvalue weighted by Gasteiger charge is 2.16. The maximum Gasteiger partial charge on any atom is 0.251 e. The molecule has 1 atom stereocenters. The first-order valence-electron chi connectivity index (χ1n) is 9.73. The number of rotatable bonds is 6. The molecule has 4 nitrogen and oxygen atoms in total. The van der Waals surface area contributed by atoms with Gasteiger partial charge in [-0.15, -0.1) is 0 Å². The number of ether oxygens (including phenoxy) is 1. The molecule has 142 valence electrons. The van der Waals surface area contributed by atoms with E-state index in [9.17, 15) is 4.79 Å². The third-order valence-electron chi connectivity index (χ3n) is 5.22. The van der Waals surface area contributed by atoms with Crippen LogP contribution in [-0.2, 0) is 19.4 Å². The van der Waals surface area contributed by atoms with E-state index < -0.39 is 0 Å². The second kappa shape index (κ2) is 8.26. The molecule has 1 aliphatic carbocycles. The van der Waals surface area contributed by atoms with Crippen LogP contribution in [0.4, 0.5) is 0 Å². The molecule has 1 N–H and O–H groups in total. The Labute approximate surface area is 165 Å². The van der Waals surface area contributed by atoms with E-state index >= 15 is 0 Å². The van der Waals surface area contributed by atoms with Crippen molar-refractivity contribution in [3.05, 3.63) is 94.8 Å². The number of fused-ring (bicyclic) bond motifs is 1. The summed E-state index contributed by atoms with van der Waals surface area (Å²) in [5.74, 6) is 0.767. The highest BCUT2D eigenvalue weighted by molar-refractivity contribution is 5.94. The summed E-state index contributed by atoms with van der Waals surface area (Å²) in [6, 6.07) is 17.7. The Morgan fingerprint density at radius 1 is 1.11 bits per heavy atom. The third kappa shape index (κ3) is 4.22. The molecule has 1 aromatic heterocycles. The molecule has 0 radical (unpaired) electrons. The van der Waals surface area contributed by atoms with E-state index in [0.29, 0.717) is 6.61 Å². The Hall–Kier alpha value is -3.14. The van der Waals surface area contributed by atoms with Crippen molar-refractivity contribution >= 4 is 5.91 Å². The van der Waals surface area contributed by atoms with Crippen LogP contribution in [0.1, 0.15) is 52.0 Å². The van der Waals surface area contributed by atoms with Gasteiger partial charge in [0.15, 0.2) is 0 Å². The number of hydrogen-bond acceptors (Lipinski definition) is 3. The highest BCUT2D eigenvalue weighted by Crippen LogP contribution is 2.23. The lowest BCUT2D eigenvalue weighted by atomic mass is 10.0. The molecule has 0 aliphatic heterocycles. The number of amides is 1. The number of aromatic nitrogens is 1. The third-order valence-corrected chi connectivity index (χ3v) is 5.22. The molecule has 28 heavy (non-hydrogen) atoms. The Morgan fingerprint density at radius 3 is 2.71 bits per heavy atom. The van der Waals surface area contributed by atoms with E-state index in [1.54, 1.807) is 12.4 Å². The van der Waals surface area contributed by atoms with Crippen LogP contribution < -0.4 is 10.1 Å². The first kappa shape index (κ1) is 18.2. The Morgan fingerprint density at radius 2 is 1.93 bits per heavy atom. The van der Waals surface area contributed by atoms with Crippen molar-refractivity contribution in [2.24, 2.45) is 0 Å². The van der Waals surface area contributed by atoms with Crippen molar-refractivity contribution in [3.8, 4) is 5.75 Å². The predicted octanol–water partition coefficient (Wildman–Crippen LogP) is 4.64. The average Bonchev–Trinajstić information content (AvgIpc) is 3.21. The van der Waals surface area contributed by atoms with E-state index in [1.807, 2.05) is 55.5 Å². The first-order chi connectivity index (χ1) is 13.7. The van der Waals surface area contributed by atoms with Gasteiger partial charge in [0.25, 0.3) is 5.91 Å². The zero-order valence-corrected chi connectivity index (χ0v) is 16.0. The molecule has 3 aromatic rings. The van der Waals surface area contributed by atoms with Crippen LogP contribution >= 0.6 is 0 Å². The van der Waals surface area contributed by atoms with Crippen LogP contribution in [-0.4, -0.2) is 10.9 Å². The summed E-state index contributed by atoms with van der Waals surface area (Å²) in [5, 5.41) is 3.09. The number of benzene rings is 2. The van der Waals surface area contributed by atoms with Crippen LogP contribution in [0.25, 0.3) is 0 Å². The average molecular weight is 372 g/mol. The van der Waals surface area contributed by atoms with Crippen LogP contribution in [0.3, 0.4) is 0 Å². The molecule has 0 fully saturated rings. The van der Waals surface area contributed by atoms with Crippen LogP contribution in [0.5, 0.6) is 5.75 Å². The molecule has 0 bridgehead atoms. The van der Waals surface area contributed by atoms with Gasteiger partial charge in [-0.25, -0.2) is 0 Å². The maximum atomic E-state index is 12.6. The number of aryl methyl sites for hydroxylation is 2. The zero-order valence-electron chi connectivity index (χ0n) is 16.0. The zero-order chi connectivity index (χ0) is 19.3. The number of nitrogens with zero attached hydrogens (tertiary/aromatic N) is 1. The Bertz CT molecular complexity index is 952. The summed E-state index contributed by atoms with van der Waals surface area (Å²) in [6.45, 7) is 2.48. The van der Waals surface area contributed by atoms with Gasteiger partial charge < -0.3 is 10.1 Å². The van der Waals surface area contributed by atoms with E-state index in [4.69, 9.17) is 4.74 Å². The molecule has 1 unspecified atom stereocenters. The SMILES string of the molecule is CC(NC(=O)c1ccc2c(c1)CCC2)c1ccc(OCc2cccnc2)cc1. The summed E-state index contributed by atoms with van der Waals surface area (Å²) in [7, 11) is 0. The fraction of sp³-hybridized carbons (Fsp3) is 0.250. The molecular weight excluding hydrogens is 348 g/mol. The fourth-order valence-electron chi connectivity index (χ4n) is 3.58. The van der Waals surface area contributed by atoms with Crippen LogP contribution in [0.15, 0.2) is 67.0 Å². The summed E-state index contributed by atoms with van der Waals surface area (Å²) in [5.41, 5.74) is 5.51. The van der Waals surface area contributed by atoms with Gasteiger partial charge in [-0.1, -0.05) is 24.3 Å².